The van der Waals surface area contributed by atoms with Crippen molar-refractivity contribution in [2.24, 2.45) is 0 Å². The largest absolute Gasteiger partial charge is 0.478 e. The summed E-state index contributed by atoms with van der Waals surface area (Å²) in [6, 6.07) is 16.4. The Morgan fingerprint density at radius 2 is 1.77 bits per heavy atom. The number of carbonyl (C=O) groups excluding carboxylic acids is 2. The summed E-state index contributed by atoms with van der Waals surface area (Å²) in [5.41, 5.74) is 0.801. The molecule has 2 N–H and O–H groups in total. The Kier molecular flexibility index (Phi) is 5.53. The van der Waals surface area contributed by atoms with Crippen molar-refractivity contribution in [2.75, 3.05) is 4.90 Å². The van der Waals surface area contributed by atoms with Crippen molar-refractivity contribution < 1.29 is 23.9 Å². The lowest BCUT2D eigenvalue weighted by Crippen LogP contribution is -2.54. The maximum atomic E-state index is 13.0. The number of thiocarbonyl (C=S) groups is 1. The number of nitrogens with one attached hydrogen (secondary N) is 1. The van der Waals surface area contributed by atoms with Crippen LogP contribution < -0.4 is 10.2 Å². The smallest absolute Gasteiger partial charge is 0.336 e. The molecule has 1 saturated heterocycles. The molecular weight excluding hydrogens is 484 g/mol. The average Bonchev–Trinajstić information content (AvgIpc) is 3.21. The summed E-state index contributed by atoms with van der Waals surface area (Å²) in [5, 5.41) is 11.9. The van der Waals surface area contributed by atoms with Gasteiger partial charge < -0.3 is 9.52 Å². The van der Waals surface area contributed by atoms with Gasteiger partial charge in [0.25, 0.3) is 11.8 Å². The predicted molar refractivity (Wildman–Crippen MR) is 121 cm³/mol. The first-order chi connectivity index (χ1) is 14.8. The molecule has 0 atom stereocenters. The summed E-state index contributed by atoms with van der Waals surface area (Å²) in [6.45, 7) is 0. The van der Waals surface area contributed by atoms with E-state index >= 15 is 0 Å². The molecule has 2 amide bonds. The van der Waals surface area contributed by atoms with E-state index in [1.807, 2.05) is 0 Å². The van der Waals surface area contributed by atoms with Crippen molar-refractivity contribution in [3.05, 3.63) is 82.0 Å². The normalized spacial score (nSPS) is 15.3. The molecular formula is C22H13BrN2O5S. The quantitative estimate of drug-likeness (QED) is 0.318. The molecule has 154 valence electrons. The third-order valence-corrected chi connectivity index (χ3v) is 5.34. The number of hydrogen-bond acceptors (Lipinski definition) is 5. The van der Waals surface area contributed by atoms with Crippen molar-refractivity contribution in [1.29, 1.82) is 0 Å². The minimum absolute atomic E-state index is 0.0232. The molecule has 1 aromatic heterocycles. The molecule has 0 spiro atoms. The minimum atomic E-state index is -1.09. The minimum Gasteiger partial charge on any atom is -0.478 e. The second kappa shape index (κ2) is 8.29. The Bertz CT molecular complexity index is 1260. The lowest BCUT2D eigenvalue weighted by Gasteiger charge is -2.28. The van der Waals surface area contributed by atoms with Crippen molar-refractivity contribution in [2.45, 2.75) is 0 Å². The highest BCUT2D eigenvalue weighted by molar-refractivity contribution is 9.10. The second-order valence-electron chi connectivity index (χ2n) is 6.49. The zero-order valence-electron chi connectivity index (χ0n) is 15.7. The monoisotopic (exact) mass is 496 g/mol. The highest BCUT2D eigenvalue weighted by Gasteiger charge is 2.34. The number of aromatic carboxylic acids is 1. The van der Waals surface area contributed by atoms with Crippen LogP contribution >= 0.6 is 28.1 Å². The first-order valence-corrected chi connectivity index (χ1v) is 10.1. The van der Waals surface area contributed by atoms with E-state index in [4.69, 9.17) is 16.6 Å². The fourth-order valence-corrected chi connectivity index (χ4v) is 3.63. The fraction of sp³-hybridized carbons (Fsp3) is 0. The van der Waals surface area contributed by atoms with Crippen LogP contribution in [-0.2, 0) is 9.59 Å². The van der Waals surface area contributed by atoms with Crippen LogP contribution in [0.3, 0.4) is 0 Å². The standard InChI is InChI=1S/C22H13BrN2O5S/c23-12-5-7-13(8-6-12)25-20(27)17(19(26)24-22(25)31)11-14-9-10-18(30-14)15-3-1-2-4-16(15)21(28)29/h1-11H,(H,28,29)(H,24,26,31). The number of halogens is 1. The maximum absolute atomic E-state index is 13.0. The summed E-state index contributed by atoms with van der Waals surface area (Å²) in [4.78, 5) is 38.1. The number of rotatable bonds is 4. The summed E-state index contributed by atoms with van der Waals surface area (Å²) in [5.74, 6) is -1.81. The molecule has 4 rings (SSSR count). The predicted octanol–water partition coefficient (Wildman–Crippen LogP) is 4.24. The lowest BCUT2D eigenvalue weighted by atomic mass is 10.1. The van der Waals surface area contributed by atoms with Gasteiger partial charge in [-0.3, -0.25) is 19.8 Å². The first-order valence-electron chi connectivity index (χ1n) is 8.94. The van der Waals surface area contributed by atoms with Gasteiger partial charge in [0, 0.05) is 10.0 Å². The second-order valence-corrected chi connectivity index (χ2v) is 7.79. The number of carboxylic acid groups (broad SMARTS) is 1. The van der Waals surface area contributed by atoms with Crippen molar-refractivity contribution in [3.8, 4) is 11.3 Å². The third kappa shape index (κ3) is 4.05. The van der Waals surface area contributed by atoms with Gasteiger partial charge >= 0.3 is 5.97 Å². The molecule has 0 saturated carbocycles. The number of carbonyl (C=O) groups is 3. The topological polar surface area (TPSA) is 99.9 Å². The van der Waals surface area contributed by atoms with Crippen LogP contribution in [0.1, 0.15) is 16.1 Å². The molecule has 9 heteroatoms. The molecule has 1 aliphatic rings. The van der Waals surface area contributed by atoms with E-state index < -0.39 is 17.8 Å². The third-order valence-electron chi connectivity index (χ3n) is 4.52. The molecule has 0 aliphatic carbocycles. The van der Waals surface area contributed by atoms with Crippen LogP contribution in [-0.4, -0.2) is 28.0 Å². The van der Waals surface area contributed by atoms with Crippen LogP contribution in [0.4, 0.5) is 5.69 Å². The molecule has 1 aliphatic heterocycles. The van der Waals surface area contributed by atoms with E-state index in [0.717, 1.165) is 4.47 Å². The number of anilines is 1. The number of amides is 2. The van der Waals surface area contributed by atoms with E-state index in [1.54, 1.807) is 54.6 Å². The van der Waals surface area contributed by atoms with Gasteiger partial charge in [-0.15, -0.1) is 0 Å². The molecule has 0 radical (unpaired) electrons. The van der Waals surface area contributed by atoms with Gasteiger partial charge in [0.2, 0.25) is 0 Å². The molecule has 1 fully saturated rings. The zero-order chi connectivity index (χ0) is 22.1. The van der Waals surface area contributed by atoms with Crippen LogP contribution in [0.5, 0.6) is 0 Å². The Balaban J connectivity index is 1.69. The Morgan fingerprint density at radius 3 is 2.48 bits per heavy atom. The molecule has 31 heavy (non-hydrogen) atoms. The van der Waals surface area contributed by atoms with E-state index in [0.29, 0.717) is 17.0 Å². The van der Waals surface area contributed by atoms with Crippen LogP contribution in [0.15, 0.2) is 75.1 Å². The number of carboxylic acids is 1. The molecule has 0 unspecified atom stereocenters. The number of benzene rings is 2. The summed E-state index contributed by atoms with van der Waals surface area (Å²) >= 11 is 8.51. The summed E-state index contributed by atoms with van der Waals surface area (Å²) in [7, 11) is 0. The van der Waals surface area contributed by atoms with E-state index in [9.17, 15) is 19.5 Å². The summed E-state index contributed by atoms with van der Waals surface area (Å²) in [6.07, 6.45) is 1.30. The van der Waals surface area contributed by atoms with Crippen LogP contribution in [0.2, 0.25) is 0 Å². The molecule has 2 heterocycles. The van der Waals surface area contributed by atoms with Gasteiger partial charge in [-0.1, -0.05) is 34.1 Å². The number of furan rings is 1. The van der Waals surface area contributed by atoms with Gasteiger partial charge in [0.05, 0.1) is 11.3 Å². The van der Waals surface area contributed by atoms with Crippen LogP contribution in [0, 0.1) is 0 Å². The first kappa shape index (κ1) is 20.7. The van der Waals surface area contributed by atoms with Gasteiger partial charge in [-0.2, -0.15) is 0 Å². The highest BCUT2D eigenvalue weighted by atomic mass is 79.9. The molecule has 7 nitrogen and oxygen atoms in total. The van der Waals surface area contributed by atoms with Crippen molar-refractivity contribution >= 4 is 62.8 Å². The van der Waals surface area contributed by atoms with Gasteiger partial charge in [0.15, 0.2) is 5.11 Å². The highest BCUT2D eigenvalue weighted by Crippen LogP contribution is 2.28. The Morgan fingerprint density at radius 1 is 1.06 bits per heavy atom. The SMILES string of the molecule is O=C1NC(=S)N(c2ccc(Br)cc2)C(=O)C1=Cc1ccc(-c2ccccc2C(=O)O)o1. The van der Waals surface area contributed by atoms with E-state index in [2.05, 4.69) is 21.2 Å². The van der Waals surface area contributed by atoms with E-state index in [1.165, 1.54) is 17.0 Å². The maximum Gasteiger partial charge on any atom is 0.336 e. The number of nitrogens with zero attached hydrogens (tertiary/aromatic N) is 1. The number of hydrogen-bond donors (Lipinski definition) is 2. The summed E-state index contributed by atoms with van der Waals surface area (Å²) < 4.78 is 6.54. The zero-order valence-corrected chi connectivity index (χ0v) is 18.1. The van der Waals surface area contributed by atoms with E-state index in [-0.39, 0.29) is 22.0 Å². The molecule has 2 aromatic carbocycles. The van der Waals surface area contributed by atoms with Gasteiger partial charge in [0.1, 0.15) is 17.1 Å². The van der Waals surface area contributed by atoms with Gasteiger partial charge in [-0.05, 0) is 60.8 Å². The van der Waals surface area contributed by atoms with Gasteiger partial charge in [-0.25, -0.2) is 4.79 Å². The van der Waals surface area contributed by atoms with Crippen LogP contribution in [0.25, 0.3) is 17.4 Å². The Hall–Kier alpha value is -3.56. The fourth-order valence-electron chi connectivity index (χ4n) is 3.08. The molecule has 0 bridgehead atoms. The van der Waals surface area contributed by atoms with Crippen molar-refractivity contribution in [1.82, 2.24) is 5.32 Å². The lowest BCUT2D eigenvalue weighted by molar-refractivity contribution is -0.122. The average molecular weight is 497 g/mol. The van der Waals surface area contributed by atoms with Crippen molar-refractivity contribution in [3.63, 3.8) is 0 Å². The molecule has 3 aromatic rings. The Labute approximate surface area is 190 Å².